The van der Waals surface area contributed by atoms with Gasteiger partial charge in [0.15, 0.2) is 0 Å². The molecular formula is C25H35N3O. The third-order valence-electron chi connectivity index (χ3n) is 5.70. The van der Waals surface area contributed by atoms with Crippen LogP contribution in [-0.2, 0) is 24.2 Å². The summed E-state index contributed by atoms with van der Waals surface area (Å²) in [4.78, 5) is 14.9. The molecule has 156 valence electrons. The van der Waals surface area contributed by atoms with E-state index in [1.165, 1.54) is 36.0 Å². The molecule has 0 radical (unpaired) electrons. The van der Waals surface area contributed by atoms with E-state index in [1.54, 1.807) is 0 Å². The van der Waals surface area contributed by atoms with Crippen molar-refractivity contribution in [3.05, 3.63) is 71.3 Å². The molecule has 29 heavy (non-hydrogen) atoms. The predicted molar refractivity (Wildman–Crippen MR) is 120 cm³/mol. The smallest absolute Gasteiger partial charge is 0.240 e. The molecule has 2 atom stereocenters. The van der Waals surface area contributed by atoms with Crippen LogP contribution in [-0.4, -0.2) is 36.0 Å². The maximum absolute atomic E-state index is 12.9. The highest BCUT2D eigenvalue weighted by atomic mass is 16.2. The molecule has 1 amide bonds. The molecule has 0 saturated carbocycles. The van der Waals surface area contributed by atoms with E-state index in [2.05, 4.69) is 48.6 Å². The fourth-order valence-corrected chi connectivity index (χ4v) is 4.12. The Labute approximate surface area is 175 Å². The number of carbonyl (C=O) groups is 1. The first-order valence-corrected chi connectivity index (χ1v) is 11.0. The molecule has 1 fully saturated rings. The number of nitrogens with one attached hydrogen (secondary N) is 1. The molecule has 0 aliphatic carbocycles. The van der Waals surface area contributed by atoms with E-state index in [0.717, 1.165) is 25.9 Å². The van der Waals surface area contributed by atoms with Crippen molar-refractivity contribution in [3.63, 3.8) is 0 Å². The zero-order valence-corrected chi connectivity index (χ0v) is 17.6. The molecule has 0 spiro atoms. The van der Waals surface area contributed by atoms with Crippen LogP contribution >= 0.6 is 0 Å². The van der Waals surface area contributed by atoms with Crippen molar-refractivity contribution in [1.82, 2.24) is 10.2 Å². The molecule has 1 aliphatic rings. The van der Waals surface area contributed by atoms with Crippen LogP contribution < -0.4 is 11.1 Å². The summed E-state index contributed by atoms with van der Waals surface area (Å²) < 4.78 is 0. The number of carbonyl (C=O) groups excluding carboxylic acids is 1. The van der Waals surface area contributed by atoms with Gasteiger partial charge in [0, 0.05) is 25.7 Å². The number of nitrogens with zero attached hydrogens (tertiary/aromatic N) is 1. The molecule has 3 rings (SSSR count). The highest BCUT2D eigenvalue weighted by Crippen LogP contribution is 2.15. The average Bonchev–Trinajstić information content (AvgIpc) is 2.72. The average molecular weight is 394 g/mol. The number of unbranched alkanes of at least 4 members (excludes halogenated alkanes) is 2. The number of benzene rings is 2. The second-order valence-electron chi connectivity index (χ2n) is 8.23. The van der Waals surface area contributed by atoms with E-state index in [4.69, 9.17) is 5.73 Å². The van der Waals surface area contributed by atoms with E-state index < -0.39 is 0 Å². The Bertz CT molecular complexity index is 762. The second-order valence-corrected chi connectivity index (χ2v) is 8.23. The minimum Gasteiger partial charge on any atom is -0.336 e. The van der Waals surface area contributed by atoms with Crippen LogP contribution in [0.2, 0.25) is 0 Å². The zero-order chi connectivity index (χ0) is 20.5. The topological polar surface area (TPSA) is 58.4 Å². The maximum Gasteiger partial charge on any atom is 0.240 e. The summed E-state index contributed by atoms with van der Waals surface area (Å²) >= 11 is 0. The standard InChI is InChI=1S/C25H35N3O/c1-2-3-5-9-20-12-8-13-22(16-20)17-23(26)18-24-25(29)28(15-14-27-24)19-21-10-6-4-7-11-21/h4,6-8,10-13,16,23-24,27H,2-3,5,9,14-15,17-19,26H2,1H3/t23-,24-/m0/s1. The van der Waals surface area contributed by atoms with Crippen LogP contribution in [0.4, 0.5) is 0 Å². The van der Waals surface area contributed by atoms with Gasteiger partial charge in [-0.25, -0.2) is 0 Å². The molecule has 0 bridgehead atoms. The van der Waals surface area contributed by atoms with E-state index in [9.17, 15) is 4.79 Å². The van der Waals surface area contributed by atoms with Crippen LogP contribution in [0.5, 0.6) is 0 Å². The molecule has 1 aliphatic heterocycles. The summed E-state index contributed by atoms with van der Waals surface area (Å²) in [6, 6.07) is 18.8. The van der Waals surface area contributed by atoms with Gasteiger partial charge in [-0.2, -0.15) is 0 Å². The van der Waals surface area contributed by atoms with Crippen LogP contribution in [0, 0.1) is 0 Å². The lowest BCUT2D eigenvalue weighted by molar-refractivity contribution is -0.136. The minimum atomic E-state index is -0.185. The van der Waals surface area contributed by atoms with Crippen molar-refractivity contribution in [3.8, 4) is 0 Å². The first-order chi connectivity index (χ1) is 14.2. The fraction of sp³-hybridized carbons (Fsp3) is 0.480. The molecule has 4 nitrogen and oxygen atoms in total. The fourth-order valence-electron chi connectivity index (χ4n) is 4.12. The molecule has 2 aromatic carbocycles. The van der Waals surface area contributed by atoms with Crippen LogP contribution in [0.15, 0.2) is 54.6 Å². The summed E-state index contributed by atoms with van der Waals surface area (Å²) in [7, 11) is 0. The minimum absolute atomic E-state index is 0.0287. The second kappa shape index (κ2) is 11.1. The Kier molecular flexibility index (Phi) is 8.26. The normalized spacial score (nSPS) is 18.1. The van der Waals surface area contributed by atoms with Gasteiger partial charge in [-0.15, -0.1) is 0 Å². The van der Waals surface area contributed by atoms with Gasteiger partial charge in [0.1, 0.15) is 0 Å². The van der Waals surface area contributed by atoms with Crippen LogP contribution in [0.3, 0.4) is 0 Å². The monoisotopic (exact) mass is 393 g/mol. The Morgan fingerprint density at radius 2 is 1.83 bits per heavy atom. The number of nitrogens with two attached hydrogens (primary N) is 1. The summed E-state index contributed by atoms with van der Waals surface area (Å²) in [6.07, 6.45) is 6.38. The Morgan fingerprint density at radius 3 is 2.62 bits per heavy atom. The predicted octanol–water partition coefficient (Wildman–Crippen LogP) is 3.68. The maximum atomic E-state index is 12.9. The number of rotatable bonds is 10. The number of amides is 1. The number of hydrogen-bond acceptors (Lipinski definition) is 3. The van der Waals surface area contributed by atoms with Crippen LogP contribution in [0.25, 0.3) is 0 Å². The highest BCUT2D eigenvalue weighted by molar-refractivity contribution is 5.82. The van der Waals surface area contributed by atoms with Gasteiger partial charge < -0.3 is 16.0 Å². The molecule has 1 heterocycles. The quantitative estimate of drug-likeness (QED) is 0.606. The lowest BCUT2D eigenvalue weighted by Crippen LogP contribution is -2.56. The molecular weight excluding hydrogens is 358 g/mol. The van der Waals surface area contributed by atoms with Crippen molar-refractivity contribution in [2.45, 2.75) is 64.1 Å². The van der Waals surface area contributed by atoms with E-state index in [1.807, 2.05) is 23.1 Å². The van der Waals surface area contributed by atoms with Crippen molar-refractivity contribution in [2.24, 2.45) is 5.73 Å². The van der Waals surface area contributed by atoms with Gasteiger partial charge >= 0.3 is 0 Å². The summed E-state index contributed by atoms with van der Waals surface area (Å²) in [5.74, 6) is 0.170. The lowest BCUT2D eigenvalue weighted by Gasteiger charge is -2.34. The third-order valence-corrected chi connectivity index (χ3v) is 5.70. The number of aryl methyl sites for hydroxylation is 1. The molecule has 2 aromatic rings. The van der Waals surface area contributed by atoms with E-state index in [-0.39, 0.29) is 18.0 Å². The summed E-state index contributed by atoms with van der Waals surface area (Å²) in [5, 5.41) is 3.38. The van der Waals surface area contributed by atoms with Crippen molar-refractivity contribution in [2.75, 3.05) is 13.1 Å². The van der Waals surface area contributed by atoms with Crippen molar-refractivity contribution >= 4 is 5.91 Å². The highest BCUT2D eigenvalue weighted by Gasteiger charge is 2.29. The van der Waals surface area contributed by atoms with Gasteiger partial charge in [0.2, 0.25) is 5.91 Å². The number of hydrogen-bond donors (Lipinski definition) is 2. The van der Waals surface area contributed by atoms with Crippen molar-refractivity contribution in [1.29, 1.82) is 0 Å². The first-order valence-electron chi connectivity index (χ1n) is 11.0. The van der Waals surface area contributed by atoms with Crippen molar-refractivity contribution < 1.29 is 4.79 Å². The van der Waals surface area contributed by atoms with Gasteiger partial charge in [-0.1, -0.05) is 74.4 Å². The first kappa shape index (κ1) is 21.5. The third kappa shape index (κ3) is 6.69. The molecule has 0 unspecified atom stereocenters. The Morgan fingerprint density at radius 1 is 1.07 bits per heavy atom. The van der Waals surface area contributed by atoms with Gasteiger partial charge in [0.05, 0.1) is 6.04 Å². The van der Waals surface area contributed by atoms with Gasteiger partial charge in [0.25, 0.3) is 0 Å². The largest absolute Gasteiger partial charge is 0.336 e. The van der Waals surface area contributed by atoms with Gasteiger partial charge in [-0.05, 0) is 42.4 Å². The molecule has 4 heteroatoms. The lowest BCUT2D eigenvalue weighted by atomic mass is 9.96. The molecule has 1 saturated heterocycles. The molecule has 0 aromatic heterocycles. The Hall–Kier alpha value is -2.17. The molecule has 3 N–H and O–H groups in total. The SMILES string of the molecule is CCCCCc1cccc(C[C@H](N)C[C@@H]2NCCN(Cc3ccccc3)C2=O)c1. The van der Waals surface area contributed by atoms with E-state index >= 15 is 0 Å². The zero-order valence-electron chi connectivity index (χ0n) is 17.6. The van der Waals surface area contributed by atoms with E-state index in [0.29, 0.717) is 13.0 Å². The van der Waals surface area contributed by atoms with Crippen LogP contribution in [0.1, 0.15) is 49.3 Å². The summed E-state index contributed by atoms with van der Waals surface area (Å²) in [6.45, 7) is 4.48. The summed E-state index contributed by atoms with van der Waals surface area (Å²) in [5.41, 5.74) is 10.3. The van der Waals surface area contributed by atoms with Gasteiger partial charge in [-0.3, -0.25) is 4.79 Å². The number of piperazine rings is 1. The Balaban J connectivity index is 1.52.